The van der Waals surface area contributed by atoms with Crippen molar-refractivity contribution in [1.82, 2.24) is 19.4 Å². The van der Waals surface area contributed by atoms with E-state index in [0.717, 1.165) is 109 Å². The van der Waals surface area contributed by atoms with Crippen LogP contribution in [0.1, 0.15) is 0 Å². The summed E-state index contributed by atoms with van der Waals surface area (Å²) in [5.74, 6) is 0. The van der Waals surface area contributed by atoms with E-state index in [2.05, 4.69) is 83.3 Å². The lowest BCUT2D eigenvalue weighted by molar-refractivity contribution is 0.591. The Morgan fingerprint density at radius 1 is 0.348 bits per heavy atom. The van der Waals surface area contributed by atoms with Crippen molar-refractivity contribution in [2.24, 2.45) is 0 Å². The van der Waals surface area contributed by atoms with Crippen LogP contribution in [0, 0.1) is 0 Å². The van der Waals surface area contributed by atoms with E-state index in [1.165, 1.54) is 0 Å². The van der Waals surface area contributed by atoms with Crippen LogP contribution < -0.4 is 31.8 Å². The molecule has 0 aliphatic rings. The SMILES string of the molecule is O=P(c1ccccc1)(c1ccccc1)c1ccc(-c2ccc3nc4c5c6ccccc6ccc5c5ccc(-c6cnc7cc(P(=O)(c8ccccc8)c8ccccc8)ccc7c6)cc5n4c3c2)nc1. The molecule has 4 aromatic heterocycles. The van der Waals surface area contributed by atoms with Crippen molar-refractivity contribution < 1.29 is 9.13 Å². The van der Waals surface area contributed by atoms with Gasteiger partial charge in [0.1, 0.15) is 5.65 Å². The summed E-state index contributed by atoms with van der Waals surface area (Å²) < 4.78 is 32.7. The number of nitrogens with zero attached hydrogens (tertiary/aromatic N) is 4. The van der Waals surface area contributed by atoms with Crippen LogP contribution in [-0.2, 0) is 9.13 Å². The van der Waals surface area contributed by atoms with E-state index < -0.39 is 14.3 Å². The zero-order chi connectivity index (χ0) is 46.1. The molecular formula is C61H40N4O2P2. The maximum absolute atomic E-state index is 15.2. The van der Waals surface area contributed by atoms with Gasteiger partial charge in [-0.15, -0.1) is 0 Å². The highest BCUT2D eigenvalue weighted by Gasteiger charge is 2.31. The monoisotopic (exact) mass is 922 g/mol. The number of benzene rings is 9. The van der Waals surface area contributed by atoms with E-state index >= 15 is 9.13 Å². The summed E-state index contributed by atoms with van der Waals surface area (Å²) in [6.07, 6.45) is 3.70. The smallest absolute Gasteiger partial charge is 0.172 e. The van der Waals surface area contributed by atoms with E-state index in [-0.39, 0.29) is 0 Å². The maximum atomic E-state index is 15.2. The van der Waals surface area contributed by atoms with Crippen molar-refractivity contribution in [3.8, 4) is 22.4 Å². The molecule has 0 spiro atoms. The summed E-state index contributed by atoms with van der Waals surface area (Å²) in [7, 11) is -6.36. The van der Waals surface area contributed by atoms with Crippen LogP contribution in [0.25, 0.3) is 82.4 Å². The molecule has 0 radical (unpaired) electrons. The molecule has 0 amide bonds. The number of imidazole rings is 1. The summed E-state index contributed by atoms with van der Waals surface area (Å²) in [5, 5.41) is 11.1. The number of aromatic nitrogens is 4. The van der Waals surface area contributed by atoms with Crippen LogP contribution in [0.5, 0.6) is 0 Å². The van der Waals surface area contributed by atoms with Gasteiger partial charge in [0.15, 0.2) is 14.3 Å². The molecule has 4 heterocycles. The van der Waals surface area contributed by atoms with Gasteiger partial charge in [0, 0.05) is 71.5 Å². The summed E-state index contributed by atoms with van der Waals surface area (Å²) in [6, 6.07) is 76.9. The predicted octanol–water partition coefficient (Wildman–Crippen LogP) is 12.5. The third-order valence-electron chi connectivity index (χ3n) is 13.6. The lowest BCUT2D eigenvalue weighted by Gasteiger charge is -2.20. The molecule has 0 saturated heterocycles. The zero-order valence-corrected chi connectivity index (χ0v) is 38.9. The summed E-state index contributed by atoms with van der Waals surface area (Å²) in [5.41, 5.74) is 8.17. The van der Waals surface area contributed by atoms with E-state index in [9.17, 15) is 0 Å². The predicted molar refractivity (Wildman–Crippen MR) is 288 cm³/mol. The van der Waals surface area contributed by atoms with Gasteiger partial charge in [-0.1, -0.05) is 188 Å². The largest absolute Gasteiger partial charge is 0.309 e. The normalized spacial score (nSPS) is 12.2. The Morgan fingerprint density at radius 3 is 1.57 bits per heavy atom. The minimum atomic E-state index is -3.19. The Kier molecular flexibility index (Phi) is 9.62. The molecule has 0 unspecified atom stereocenters. The van der Waals surface area contributed by atoms with Crippen LogP contribution in [0.2, 0.25) is 0 Å². The van der Waals surface area contributed by atoms with Crippen LogP contribution in [0.15, 0.2) is 243 Å². The van der Waals surface area contributed by atoms with Gasteiger partial charge >= 0.3 is 0 Å². The van der Waals surface area contributed by atoms with Crippen LogP contribution >= 0.6 is 14.3 Å². The fraction of sp³-hybridized carbons (Fsp3) is 0. The van der Waals surface area contributed by atoms with Gasteiger partial charge in [0.2, 0.25) is 0 Å². The lowest BCUT2D eigenvalue weighted by Crippen LogP contribution is -2.25. The van der Waals surface area contributed by atoms with E-state index in [1.807, 2.05) is 158 Å². The lowest BCUT2D eigenvalue weighted by atomic mass is 9.97. The first-order chi connectivity index (χ1) is 33.9. The first-order valence-electron chi connectivity index (χ1n) is 22.9. The van der Waals surface area contributed by atoms with Crippen molar-refractivity contribution >= 4 is 106 Å². The summed E-state index contributed by atoms with van der Waals surface area (Å²) >= 11 is 0. The maximum Gasteiger partial charge on any atom is 0.172 e. The van der Waals surface area contributed by atoms with Gasteiger partial charge in [0.25, 0.3) is 0 Å². The molecule has 0 aliphatic carbocycles. The minimum absolute atomic E-state index is 0.680. The van der Waals surface area contributed by atoms with Gasteiger partial charge in [-0.2, -0.15) is 0 Å². The molecular weight excluding hydrogens is 883 g/mol. The molecule has 0 N–H and O–H groups in total. The number of hydrogen-bond donors (Lipinski definition) is 0. The Bertz CT molecular complexity index is 4150. The average Bonchev–Trinajstić information content (AvgIpc) is 3.82. The van der Waals surface area contributed by atoms with Crippen molar-refractivity contribution in [1.29, 1.82) is 0 Å². The average molecular weight is 923 g/mol. The third kappa shape index (κ3) is 6.60. The standard InChI is InChI=1S/C61H40N4O2P2/c66-68(46-16-5-1-6-17-46,47-18-7-2-8-19-47)50-29-25-43-35-45(39-62-57(43)38-50)42-27-31-53-54-32-26-41-15-13-14-24-52(41)60(54)61-64-56-33-28-44(37-59(56)65(61)58(53)36-42)55-34-30-51(40-63-55)69(67,48-20-9-3-10-21-48)49-22-11-4-12-23-49/h1-40H. The first-order valence-corrected chi connectivity index (χ1v) is 26.4. The Labute approximate surface area is 398 Å². The number of rotatable bonds is 8. The van der Waals surface area contributed by atoms with E-state index in [4.69, 9.17) is 15.0 Å². The highest BCUT2D eigenvalue weighted by atomic mass is 31.2. The second-order valence-corrected chi connectivity index (χ2v) is 23.0. The van der Waals surface area contributed by atoms with Crippen molar-refractivity contribution in [2.45, 2.75) is 0 Å². The van der Waals surface area contributed by atoms with Gasteiger partial charge in [-0.05, 0) is 64.2 Å². The summed E-state index contributed by atoms with van der Waals surface area (Å²) in [4.78, 5) is 15.4. The highest BCUT2D eigenvalue weighted by molar-refractivity contribution is 7.85. The molecule has 6 nitrogen and oxygen atoms in total. The molecule has 13 aromatic rings. The minimum Gasteiger partial charge on any atom is -0.309 e. The Hall–Kier alpha value is -8.27. The number of hydrogen-bond acceptors (Lipinski definition) is 5. The molecule has 0 saturated carbocycles. The van der Waals surface area contributed by atoms with Gasteiger partial charge in [0.05, 0.1) is 27.8 Å². The molecule has 69 heavy (non-hydrogen) atoms. The Morgan fingerprint density at radius 2 is 0.913 bits per heavy atom. The van der Waals surface area contributed by atoms with Gasteiger partial charge < -0.3 is 9.13 Å². The Balaban J connectivity index is 0.959. The molecule has 13 rings (SSSR count). The molecule has 9 aromatic carbocycles. The van der Waals surface area contributed by atoms with E-state index in [1.54, 1.807) is 6.20 Å². The van der Waals surface area contributed by atoms with Crippen LogP contribution in [-0.4, -0.2) is 19.4 Å². The molecule has 326 valence electrons. The molecule has 0 bridgehead atoms. The van der Waals surface area contributed by atoms with Crippen molar-refractivity contribution in [3.63, 3.8) is 0 Å². The first kappa shape index (κ1) is 41.0. The quantitative estimate of drug-likeness (QED) is 0.112. The number of fused-ring (bicyclic) bond motifs is 11. The van der Waals surface area contributed by atoms with Crippen LogP contribution in [0.4, 0.5) is 0 Å². The molecule has 8 heteroatoms. The molecule has 0 aliphatic heterocycles. The fourth-order valence-corrected chi connectivity index (χ4v) is 15.4. The van der Waals surface area contributed by atoms with Crippen LogP contribution in [0.3, 0.4) is 0 Å². The second-order valence-electron chi connectivity index (χ2n) is 17.5. The fourth-order valence-electron chi connectivity index (χ4n) is 10.2. The van der Waals surface area contributed by atoms with Gasteiger partial charge in [-0.3, -0.25) is 14.4 Å². The third-order valence-corrected chi connectivity index (χ3v) is 19.7. The molecule has 0 fully saturated rings. The van der Waals surface area contributed by atoms with Gasteiger partial charge in [-0.25, -0.2) is 4.98 Å². The summed E-state index contributed by atoms with van der Waals surface area (Å²) in [6.45, 7) is 0. The highest BCUT2D eigenvalue weighted by Crippen LogP contribution is 2.45. The second kappa shape index (κ2) is 16.2. The molecule has 0 atom stereocenters. The van der Waals surface area contributed by atoms with Crippen molar-refractivity contribution in [2.75, 3.05) is 0 Å². The van der Waals surface area contributed by atoms with Crippen molar-refractivity contribution in [3.05, 3.63) is 243 Å². The van der Waals surface area contributed by atoms with E-state index in [0.29, 0.717) is 5.30 Å². The topological polar surface area (TPSA) is 77.2 Å². The number of pyridine rings is 3. The zero-order valence-electron chi connectivity index (χ0n) is 37.1.